The molecule has 1 N–H and O–H groups in total. The number of nitrogens with one attached hydrogen (secondary N) is 1. The Kier molecular flexibility index (Phi) is 5.44. The Morgan fingerprint density at radius 1 is 1.15 bits per heavy atom. The van der Waals surface area contributed by atoms with Gasteiger partial charge in [0.25, 0.3) is 0 Å². The Labute approximate surface area is 123 Å². The molecule has 2 aliphatic rings. The van der Waals surface area contributed by atoms with Crippen molar-refractivity contribution < 1.29 is 9.53 Å². The molecule has 2 unspecified atom stereocenters. The van der Waals surface area contributed by atoms with Gasteiger partial charge >= 0.3 is 5.97 Å². The van der Waals surface area contributed by atoms with E-state index in [-0.39, 0.29) is 5.97 Å². The molecule has 0 heterocycles. The van der Waals surface area contributed by atoms with E-state index in [4.69, 9.17) is 4.74 Å². The lowest BCUT2D eigenvalue weighted by atomic mass is 9.97. The second-order valence-corrected chi connectivity index (χ2v) is 6.53. The third kappa shape index (κ3) is 3.17. The average Bonchev–Trinajstić information content (AvgIpc) is 2.74. The number of carbonyl (C=O) groups excluding carboxylic acids is 1. The number of hydrogen-bond donors (Lipinski definition) is 1. The lowest BCUT2D eigenvalue weighted by Crippen LogP contribution is -2.50. The molecule has 0 radical (unpaired) electrons. The van der Waals surface area contributed by atoms with Crippen molar-refractivity contribution in [3.63, 3.8) is 0 Å². The maximum absolute atomic E-state index is 12.1. The van der Waals surface area contributed by atoms with Crippen LogP contribution in [0.15, 0.2) is 0 Å². The molecular formula is C16H30N2O2. The number of esters is 1. The first-order valence-corrected chi connectivity index (χ1v) is 8.12. The van der Waals surface area contributed by atoms with E-state index in [0.29, 0.717) is 12.1 Å². The molecule has 4 heteroatoms. The van der Waals surface area contributed by atoms with E-state index in [2.05, 4.69) is 17.3 Å². The Bertz CT molecular complexity index is 326. The van der Waals surface area contributed by atoms with Crippen molar-refractivity contribution in [3.8, 4) is 0 Å². The van der Waals surface area contributed by atoms with Gasteiger partial charge in [-0.05, 0) is 46.2 Å². The van der Waals surface area contributed by atoms with Crippen molar-refractivity contribution in [2.45, 2.75) is 75.4 Å². The van der Waals surface area contributed by atoms with E-state index in [1.807, 2.05) is 7.05 Å². The van der Waals surface area contributed by atoms with E-state index in [9.17, 15) is 4.79 Å². The van der Waals surface area contributed by atoms with Gasteiger partial charge < -0.3 is 15.0 Å². The second-order valence-electron chi connectivity index (χ2n) is 6.53. The van der Waals surface area contributed by atoms with Gasteiger partial charge in [-0.2, -0.15) is 0 Å². The minimum Gasteiger partial charge on any atom is -0.468 e. The van der Waals surface area contributed by atoms with Crippen LogP contribution in [0.1, 0.15) is 57.8 Å². The fourth-order valence-corrected chi connectivity index (χ4v) is 4.04. The molecule has 20 heavy (non-hydrogen) atoms. The van der Waals surface area contributed by atoms with Crippen molar-refractivity contribution in [3.05, 3.63) is 0 Å². The van der Waals surface area contributed by atoms with Crippen LogP contribution >= 0.6 is 0 Å². The summed E-state index contributed by atoms with van der Waals surface area (Å²) in [5, 5.41) is 3.23. The fourth-order valence-electron chi connectivity index (χ4n) is 4.04. The van der Waals surface area contributed by atoms with Crippen LogP contribution in [0.2, 0.25) is 0 Å². The summed E-state index contributed by atoms with van der Waals surface area (Å²) in [6, 6.07) is 1.21. The fraction of sp³-hybridized carbons (Fsp3) is 0.938. The minimum atomic E-state index is -0.460. The van der Waals surface area contributed by atoms with Crippen LogP contribution in [-0.2, 0) is 9.53 Å². The molecule has 0 bridgehead atoms. The van der Waals surface area contributed by atoms with Gasteiger partial charge in [0.1, 0.15) is 5.54 Å². The van der Waals surface area contributed by atoms with E-state index < -0.39 is 5.54 Å². The third-order valence-electron chi connectivity index (χ3n) is 5.52. The molecule has 2 atom stereocenters. The van der Waals surface area contributed by atoms with Crippen molar-refractivity contribution in [2.24, 2.45) is 0 Å². The van der Waals surface area contributed by atoms with Gasteiger partial charge in [-0.25, -0.2) is 0 Å². The molecule has 0 saturated heterocycles. The summed E-state index contributed by atoms with van der Waals surface area (Å²) in [4.78, 5) is 14.6. The molecule has 116 valence electrons. The zero-order valence-corrected chi connectivity index (χ0v) is 13.3. The van der Waals surface area contributed by atoms with Crippen molar-refractivity contribution >= 4 is 5.97 Å². The smallest absolute Gasteiger partial charge is 0.326 e. The van der Waals surface area contributed by atoms with Crippen molar-refractivity contribution in [1.29, 1.82) is 0 Å². The summed E-state index contributed by atoms with van der Waals surface area (Å²) in [5.41, 5.74) is -0.460. The van der Waals surface area contributed by atoms with Gasteiger partial charge in [-0.15, -0.1) is 0 Å². The van der Waals surface area contributed by atoms with Gasteiger partial charge in [0, 0.05) is 12.1 Å². The highest BCUT2D eigenvalue weighted by molar-refractivity contribution is 5.81. The second kappa shape index (κ2) is 6.90. The van der Waals surface area contributed by atoms with Gasteiger partial charge in [0.15, 0.2) is 0 Å². The van der Waals surface area contributed by atoms with Crippen LogP contribution in [0.3, 0.4) is 0 Å². The standard InChI is InChI=1S/C16H30N2O2/c1-17-16(15(19)20-3)11-10-14(12-16)18(2)13-8-6-4-5-7-9-13/h13-14,17H,4-12H2,1-3H3. The molecular weight excluding hydrogens is 252 g/mol. The van der Waals surface area contributed by atoms with E-state index in [0.717, 1.165) is 19.3 Å². The maximum Gasteiger partial charge on any atom is 0.326 e. The van der Waals surface area contributed by atoms with Gasteiger partial charge in [-0.1, -0.05) is 25.7 Å². The van der Waals surface area contributed by atoms with Crippen molar-refractivity contribution in [2.75, 3.05) is 21.2 Å². The van der Waals surface area contributed by atoms with Crippen LogP contribution < -0.4 is 5.32 Å². The van der Waals surface area contributed by atoms with Crippen LogP contribution in [-0.4, -0.2) is 49.7 Å². The highest BCUT2D eigenvalue weighted by atomic mass is 16.5. The summed E-state index contributed by atoms with van der Waals surface area (Å²) in [6.45, 7) is 0. The number of rotatable bonds is 4. The largest absolute Gasteiger partial charge is 0.468 e. The van der Waals surface area contributed by atoms with Gasteiger partial charge in [0.05, 0.1) is 7.11 Å². The SMILES string of the molecule is CNC1(C(=O)OC)CCC(N(C)C2CCCCCC2)C1. The Morgan fingerprint density at radius 2 is 1.80 bits per heavy atom. The monoisotopic (exact) mass is 282 g/mol. The van der Waals surface area contributed by atoms with Crippen LogP contribution in [0.25, 0.3) is 0 Å². The first kappa shape index (κ1) is 15.8. The normalized spacial score (nSPS) is 32.3. The predicted molar refractivity (Wildman–Crippen MR) is 80.7 cm³/mol. The van der Waals surface area contributed by atoms with E-state index >= 15 is 0 Å². The summed E-state index contributed by atoms with van der Waals surface area (Å²) in [5.74, 6) is -0.100. The zero-order chi connectivity index (χ0) is 14.6. The third-order valence-corrected chi connectivity index (χ3v) is 5.52. The minimum absolute atomic E-state index is 0.100. The molecule has 2 fully saturated rings. The number of carbonyl (C=O) groups is 1. The molecule has 4 nitrogen and oxygen atoms in total. The first-order valence-electron chi connectivity index (χ1n) is 8.12. The van der Waals surface area contributed by atoms with E-state index in [1.165, 1.54) is 45.6 Å². The van der Waals surface area contributed by atoms with Crippen LogP contribution in [0.5, 0.6) is 0 Å². The summed E-state index contributed by atoms with van der Waals surface area (Å²) in [6.07, 6.45) is 11.0. The molecule has 0 aromatic carbocycles. The number of ether oxygens (including phenoxy) is 1. The van der Waals surface area contributed by atoms with Crippen LogP contribution in [0.4, 0.5) is 0 Å². The molecule has 0 aromatic heterocycles. The summed E-state index contributed by atoms with van der Waals surface area (Å²) < 4.78 is 5.00. The number of hydrogen-bond acceptors (Lipinski definition) is 4. The molecule has 0 spiro atoms. The lowest BCUT2D eigenvalue weighted by Gasteiger charge is -2.34. The maximum atomic E-state index is 12.1. The molecule has 2 aliphatic carbocycles. The summed E-state index contributed by atoms with van der Waals surface area (Å²) >= 11 is 0. The predicted octanol–water partition coefficient (Wildman–Crippen LogP) is 2.32. The first-order chi connectivity index (χ1) is 9.63. The van der Waals surface area contributed by atoms with Gasteiger partial charge in [0.2, 0.25) is 0 Å². The number of nitrogens with zero attached hydrogens (tertiary/aromatic N) is 1. The molecule has 0 aromatic rings. The lowest BCUT2D eigenvalue weighted by molar-refractivity contribution is -0.148. The number of likely N-dealkylation sites (N-methyl/N-ethyl adjacent to an activating group) is 1. The molecule has 2 rings (SSSR count). The quantitative estimate of drug-likeness (QED) is 0.635. The van der Waals surface area contributed by atoms with Crippen molar-refractivity contribution in [1.82, 2.24) is 10.2 Å². The molecule has 0 amide bonds. The van der Waals surface area contributed by atoms with Gasteiger partial charge in [-0.3, -0.25) is 4.79 Å². The molecule has 0 aliphatic heterocycles. The highest BCUT2D eigenvalue weighted by Gasteiger charge is 2.46. The summed E-state index contributed by atoms with van der Waals surface area (Å²) in [7, 11) is 5.62. The molecule has 2 saturated carbocycles. The number of methoxy groups -OCH3 is 1. The van der Waals surface area contributed by atoms with Crippen LogP contribution in [0, 0.1) is 0 Å². The zero-order valence-electron chi connectivity index (χ0n) is 13.3. The average molecular weight is 282 g/mol. The Morgan fingerprint density at radius 3 is 2.35 bits per heavy atom. The highest BCUT2D eigenvalue weighted by Crippen LogP contribution is 2.35. The van der Waals surface area contributed by atoms with E-state index in [1.54, 1.807) is 0 Å². The topological polar surface area (TPSA) is 41.6 Å². The Balaban J connectivity index is 1.98. The Hall–Kier alpha value is -0.610.